The van der Waals surface area contributed by atoms with Gasteiger partial charge in [-0.3, -0.25) is 4.90 Å². The van der Waals surface area contributed by atoms with Gasteiger partial charge in [0.1, 0.15) is 5.75 Å². The largest absolute Gasteiger partial charge is 0.497 e. The van der Waals surface area contributed by atoms with E-state index in [-0.39, 0.29) is 0 Å². The van der Waals surface area contributed by atoms with E-state index in [1.165, 1.54) is 43.3 Å². The van der Waals surface area contributed by atoms with Crippen LogP contribution in [-0.2, 0) is 13.0 Å². The van der Waals surface area contributed by atoms with Crippen LogP contribution in [0.5, 0.6) is 5.75 Å². The van der Waals surface area contributed by atoms with Crippen molar-refractivity contribution in [3.63, 3.8) is 0 Å². The molecular formula is C19H24N2O. The van der Waals surface area contributed by atoms with Crippen molar-refractivity contribution in [2.75, 3.05) is 20.2 Å². The second-order valence-electron chi connectivity index (χ2n) is 7.25. The van der Waals surface area contributed by atoms with Gasteiger partial charge in [-0.2, -0.15) is 0 Å². The van der Waals surface area contributed by atoms with Crippen LogP contribution in [0.15, 0.2) is 18.2 Å². The third-order valence-corrected chi connectivity index (χ3v) is 6.32. The van der Waals surface area contributed by atoms with Crippen molar-refractivity contribution in [3.8, 4) is 5.75 Å². The van der Waals surface area contributed by atoms with Gasteiger partial charge in [0.05, 0.1) is 7.11 Å². The first-order chi connectivity index (χ1) is 10.8. The maximum atomic E-state index is 5.48. The summed E-state index contributed by atoms with van der Waals surface area (Å²) in [5.41, 5.74) is 4.67. The molecule has 1 aromatic carbocycles. The molecule has 3 nitrogen and oxygen atoms in total. The average Bonchev–Trinajstić information content (AvgIpc) is 3.21. The Morgan fingerprint density at radius 3 is 2.95 bits per heavy atom. The molecule has 116 valence electrons. The van der Waals surface area contributed by atoms with Crippen molar-refractivity contribution in [1.82, 2.24) is 9.47 Å². The quantitative estimate of drug-likeness (QED) is 0.845. The Balaban J connectivity index is 1.77. The smallest absolute Gasteiger partial charge is 0.119 e. The van der Waals surface area contributed by atoms with Gasteiger partial charge in [-0.05, 0) is 55.9 Å². The van der Waals surface area contributed by atoms with Crippen molar-refractivity contribution < 1.29 is 4.74 Å². The van der Waals surface area contributed by atoms with E-state index >= 15 is 0 Å². The summed E-state index contributed by atoms with van der Waals surface area (Å²) in [4.78, 5) is 2.77. The molecule has 0 radical (unpaired) electrons. The van der Waals surface area contributed by atoms with Crippen molar-refractivity contribution in [2.24, 2.45) is 5.92 Å². The lowest BCUT2D eigenvalue weighted by Crippen LogP contribution is -2.36. The minimum absolute atomic E-state index is 0.759. The van der Waals surface area contributed by atoms with E-state index in [4.69, 9.17) is 4.74 Å². The fourth-order valence-corrected chi connectivity index (χ4v) is 5.52. The molecule has 1 saturated carbocycles. The summed E-state index contributed by atoms with van der Waals surface area (Å²) < 4.78 is 8.08. The Morgan fingerprint density at radius 2 is 2.18 bits per heavy atom. The fourth-order valence-electron chi connectivity index (χ4n) is 5.52. The van der Waals surface area contributed by atoms with E-state index in [1.807, 2.05) is 0 Å². The summed E-state index contributed by atoms with van der Waals surface area (Å²) in [6.07, 6.45) is 4.03. The molecule has 1 aromatic heterocycles. The third kappa shape index (κ3) is 1.55. The van der Waals surface area contributed by atoms with Gasteiger partial charge in [0, 0.05) is 48.2 Å². The van der Waals surface area contributed by atoms with Crippen LogP contribution in [0.3, 0.4) is 0 Å². The summed E-state index contributed by atoms with van der Waals surface area (Å²) in [6.45, 7) is 5.95. The SMILES string of the molecule is CCn1c2c(c3cc(OC)ccc31)CCN1C[C@H]3C[C@@H]2[C@@H]1C3. The third-order valence-electron chi connectivity index (χ3n) is 6.32. The maximum Gasteiger partial charge on any atom is 0.119 e. The first kappa shape index (κ1) is 13.0. The van der Waals surface area contributed by atoms with E-state index in [1.54, 1.807) is 18.4 Å². The van der Waals surface area contributed by atoms with Crippen molar-refractivity contribution in [3.05, 3.63) is 29.5 Å². The van der Waals surface area contributed by atoms with Gasteiger partial charge in [0.25, 0.3) is 0 Å². The summed E-state index contributed by atoms with van der Waals surface area (Å²) >= 11 is 0. The summed E-state index contributed by atoms with van der Waals surface area (Å²) in [5, 5.41) is 1.43. The summed E-state index contributed by atoms with van der Waals surface area (Å²) in [7, 11) is 1.77. The van der Waals surface area contributed by atoms with E-state index in [9.17, 15) is 0 Å². The Bertz CT molecular complexity index is 747. The molecule has 2 fully saturated rings. The lowest BCUT2D eigenvalue weighted by atomic mass is 9.93. The molecule has 3 atom stereocenters. The Morgan fingerprint density at radius 1 is 1.27 bits per heavy atom. The molecule has 5 rings (SSSR count). The zero-order valence-electron chi connectivity index (χ0n) is 13.5. The lowest BCUT2D eigenvalue weighted by molar-refractivity contribution is 0.200. The second kappa shape index (κ2) is 4.51. The molecule has 1 aliphatic carbocycles. The number of aryl methyl sites for hydroxylation is 1. The average molecular weight is 296 g/mol. The topological polar surface area (TPSA) is 17.4 Å². The highest BCUT2D eigenvalue weighted by Gasteiger charge is 2.48. The molecular weight excluding hydrogens is 272 g/mol. The van der Waals surface area contributed by atoms with Gasteiger partial charge in [-0.1, -0.05) is 0 Å². The van der Waals surface area contributed by atoms with Crippen LogP contribution < -0.4 is 4.74 Å². The van der Waals surface area contributed by atoms with Gasteiger partial charge < -0.3 is 9.30 Å². The zero-order valence-corrected chi connectivity index (χ0v) is 13.5. The van der Waals surface area contributed by atoms with Crippen LogP contribution in [0.2, 0.25) is 0 Å². The molecule has 2 bridgehead atoms. The van der Waals surface area contributed by atoms with E-state index in [2.05, 4.69) is 34.6 Å². The van der Waals surface area contributed by atoms with Crippen LogP contribution in [0.4, 0.5) is 0 Å². The molecule has 0 N–H and O–H groups in total. The van der Waals surface area contributed by atoms with E-state index < -0.39 is 0 Å². The molecule has 3 aliphatic rings. The Labute approximate surface area is 131 Å². The fraction of sp³-hybridized carbons (Fsp3) is 0.579. The lowest BCUT2D eigenvalue weighted by Gasteiger charge is -2.31. The standard InChI is InChI=1S/C19H24N2O/c1-3-21-17-5-4-13(22-2)10-15(17)14-6-7-20-11-12-8-16(19(14)21)18(20)9-12/h4-5,10,12,16,18H,3,6-9,11H2,1-2H3/t12-,16+,18-/m0/s1. The molecule has 0 amide bonds. The molecule has 22 heavy (non-hydrogen) atoms. The first-order valence-corrected chi connectivity index (χ1v) is 8.73. The van der Waals surface area contributed by atoms with Gasteiger partial charge in [0.15, 0.2) is 0 Å². The summed E-state index contributed by atoms with van der Waals surface area (Å²) in [6, 6.07) is 7.44. The van der Waals surface area contributed by atoms with Crippen LogP contribution in [-0.4, -0.2) is 35.7 Å². The number of hydrogen-bond donors (Lipinski definition) is 0. The van der Waals surface area contributed by atoms with Crippen molar-refractivity contribution in [1.29, 1.82) is 0 Å². The highest BCUT2D eigenvalue weighted by molar-refractivity contribution is 5.87. The summed E-state index contributed by atoms with van der Waals surface area (Å²) in [5.74, 6) is 2.69. The van der Waals surface area contributed by atoms with Crippen LogP contribution >= 0.6 is 0 Å². The van der Waals surface area contributed by atoms with E-state index in [0.29, 0.717) is 0 Å². The molecule has 3 heterocycles. The van der Waals surface area contributed by atoms with Crippen LogP contribution in [0.1, 0.15) is 36.9 Å². The molecule has 0 unspecified atom stereocenters. The van der Waals surface area contributed by atoms with Gasteiger partial charge in [-0.15, -0.1) is 0 Å². The number of methoxy groups -OCH3 is 1. The second-order valence-corrected chi connectivity index (χ2v) is 7.25. The van der Waals surface area contributed by atoms with Gasteiger partial charge in [-0.25, -0.2) is 0 Å². The Hall–Kier alpha value is -1.48. The highest BCUT2D eigenvalue weighted by Crippen LogP contribution is 2.51. The normalized spacial score (nSPS) is 29.8. The number of piperidine rings is 1. The highest BCUT2D eigenvalue weighted by atomic mass is 16.5. The number of ether oxygens (including phenoxy) is 1. The molecule has 2 aliphatic heterocycles. The zero-order chi connectivity index (χ0) is 14.8. The molecule has 3 heteroatoms. The molecule has 0 spiro atoms. The van der Waals surface area contributed by atoms with Gasteiger partial charge >= 0.3 is 0 Å². The molecule has 2 aromatic rings. The van der Waals surface area contributed by atoms with Crippen LogP contribution in [0, 0.1) is 5.92 Å². The molecule has 1 saturated heterocycles. The van der Waals surface area contributed by atoms with Crippen molar-refractivity contribution >= 4 is 10.9 Å². The van der Waals surface area contributed by atoms with Crippen LogP contribution in [0.25, 0.3) is 10.9 Å². The number of nitrogens with zero attached hydrogens (tertiary/aromatic N) is 2. The predicted octanol–water partition coefficient (Wildman–Crippen LogP) is 3.40. The Kier molecular flexibility index (Phi) is 2.67. The monoisotopic (exact) mass is 296 g/mol. The number of aromatic nitrogens is 1. The minimum atomic E-state index is 0.759. The van der Waals surface area contributed by atoms with E-state index in [0.717, 1.165) is 30.2 Å². The number of rotatable bonds is 2. The number of fused-ring (bicyclic) bond motifs is 5. The predicted molar refractivity (Wildman–Crippen MR) is 88.7 cm³/mol. The first-order valence-electron chi connectivity index (χ1n) is 8.73. The maximum absolute atomic E-state index is 5.48. The minimum Gasteiger partial charge on any atom is -0.497 e. The van der Waals surface area contributed by atoms with Gasteiger partial charge in [0.2, 0.25) is 0 Å². The number of benzene rings is 1. The van der Waals surface area contributed by atoms with Crippen molar-refractivity contribution in [2.45, 2.75) is 44.7 Å². The number of hydrogen-bond acceptors (Lipinski definition) is 2.